The molecule has 5 rings (SSSR count). The van der Waals surface area contributed by atoms with E-state index in [4.69, 9.17) is 5.10 Å². The summed E-state index contributed by atoms with van der Waals surface area (Å²) >= 11 is 0. The zero-order chi connectivity index (χ0) is 15.9. The summed E-state index contributed by atoms with van der Waals surface area (Å²) in [6, 6.07) is 17.0. The smallest absolute Gasteiger partial charge is 0.0953 e. The molecule has 0 spiro atoms. The van der Waals surface area contributed by atoms with Gasteiger partial charge in [-0.25, -0.2) is 0 Å². The number of hydrogen-bond donors (Lipinski definition) is 1. The summed E-state index contributed by atoms with van der Waals surface area (Å²) in [4.78, 5) is 0. The van der Waals surface area contributed by atoms with Gasteiger partial charge in [-0.05, 0) is 34.7 Å². The minimum atomic E-state index is 0.724. The summed E-state index contributed by atoms with van der Waals surface area (Å²) in [5.74, 6) is 6.24. The first-order valence-corrected chi connectivity index (χ1v) is 8.04. The molecule has 0 saturated carbocycles. The van der Waals surface area contributed by atoms with Crippen LogP contribution in [0.5, 0.6) is 0 Å². The van der Waals surface area contributed by atoms with Crippen molar-refractivity contribution in [2.24, 2.45) is 5.10 Å². The molecule has 0 radical (unpaired) electrons. The zero-order valence-corrected chi connectivity index (χ0v) is 13.0. The van der Waals surface area contributed by atoms with E-state index in [-0.39, 0.29) is 0 Å². The van der Waals surface area contributed by atoms with Gasteiger partial charge in [-0.1, -0.05) is 60.4 Å². The molecular weight excluding hydrogens is 292 g/mol. The van der Waals surface area contributed by atoms with Gasteiger partial charge in [-0.15, -0.1) is 0 Å². The van der Waals surface area contributed by atoms with Gasteiger partial charge in [0.15, 0.2) is 0 Å². The van der Waals surface area contributed by atoms with Crippen LogP contribution in [0.3, 0.4) is 0 Å². The minimum absolute atomic E-state index is 0.724. The Labute approximate surface area is 139 Å². The van der Waals surface area contributed by atoms with Crippen LogP contribution in [0.4, 0.5) is 5.69 Å². The monoisotopic (exact) mass is 306 g/mol. The number of nitrogens with one attached hydrogen (secondary N) is 1. The van der Waals surface area contributed by atoms with Crippen LogP contribution in [0, 0.1) is 11.8 Å². The topological polar surface area (TPSA) is 24.4 Å². The number of anilines is 1. The Kier molecular flexibility index (Phi) is 2.80. The molecule has 0 atom stereocenters. The molecule has 2 aliphatic rings. The van der Waals surface area contributed by atoms with Crippen LogP contribution in [0.25, 0.3) is 22.9 Å². The van der Waals surface area contributed by atoms with Gasteiger partial charge in [0.25, 0.3) is 0 Å². The lowest BCUT2D eigenvalue weighted by molar-refractivity contribution is 1.13. The molecule has 1 heterocycles. The van der Waals surface area contributed by atoms with Crippen molar-refractivity contribution in [3.05, 3.63) is 81.9 Å². The Morgan fingerprint density at radius 2 is 1.88 bits per heavy atom. The van der Waals surface area contributed by atoms with Crippen molar-refractivity contribution in [2.45, 2.75) is 6.42 Å². The molecule has 0 aromatic heterocycles. The summed E-state index contributed by atoms with van der Waals surface area (Å²) in [5.41, 5.74) is 7.91. The van der Waals surface area contributed by atoms with Crippen molar-refractivity contribution in [1.82, 2.24) is 0 Å². The summed E-state index contributed by atoms with van der Waals surface area (Å²) < 4.78 is 0. The van der Waals surface area contributed by atoms with E-state index in [1.165, 1.54) is 21.9 Å². The lowest BCUT2D eigenvalue weighted by atomic mass is 10.0. The Morgan fingerprint density at radius 3 is 2.88 bits per heavy atom. The largest absolute Gasteiger partial charge is 0.277 e. The van der Waals surface area contributed by atoms with Crippen LogP contribution in [0.15, 0.2) is 59.7 Å². The standard InChI is InChI=1S/C22H14N2/c1-2-6-15-10-12-17-14-18-13-11-16-7-4-5-9-20(16)22(18)24-23-21(17)19(15)8-3-1/h2,4-7,9-14,24H,8H2. The van der Waals surface area contributed by atoms with Gasteiger partial charge in [0, 0.05) is 22.6 Å². The van der Waals surface area contributed by atoms with Gasteiger partial charge in [0.05, 0.1) is 11.0 Å². The molecule has 1 N–H and O–H groups in total. The van der Waals surface area contributed by atoms with Crippen LogP contribution in [0.2, 0.25) is 0 Å². The van der Waals surface area contributed by atoms with Gasteiger partial charge in [-0.2, -0.15) is 5.10 Å². The number of allylic oxidation sites excluding steroid dienone is 1. The molecule has 1 aliphatic heterocycles. The first-order valence-electron chi connectivity index (χ1n) is 8.04. The van der Waals surface area contributed by atoms with E-state index in [0.29, 0.717) is 0 Å². The molecule has 0 bridgehead atoms. The van der Waals surface area contributed by atoms with Gasteiger partial charge >= 0.3 is 0 Å². The second-order valence-electron chi connectivity index (χ2n) is 6.02. The lowest BCUT2D eigenvalue weighted by Gasteiger charge is -2.08. The third-order valence-electron chi connectivity index (χ3n) is 4.62. The highest BCUT2D eigenvalue weighted by molar-refractivity contribution is 5.98. The van der Waals surface area contributed by atoms with Gasteiger partial charge in [0.2, 0.25) is 0 Å². The average molecular weight is 306 g/mol. The molecule has 112 valence electrons. The van der Waals surface area contributed by atoms with E-state index >= 15 is 0 Å². The number of benzene rings is 3. The molecule has 0 amide bonds. The predicted octanol–water partition coefficient (Wildman–Crippen LogP) is 3.20. The first-order chi connectivity index (χ1) is 11.9. The average Bonchev–Trinajstić information content (AvgIpc) is 2.97. The Balaban J connectivity index is 1.83. The molecular formula is C22H14N2. The summed E-state index contributed by atoms with van der Waals surface area (Å²) in [5, 5.41) is 9.28. The fraction of sp³-hybridized carbons (Fsp3) is 0.0455. The van der Waals surface area contributed by atoms with Crippen molar-refractivity contribution in [3.8, 4) is 11.8 Å². The fourth-order valence-corrected chi connectivity index (χ4v) is 3.40. The van der Waals surface area contributed by atoms with Crippen molar-refractivity contribution in [2.75, 3.05) is 5.43 Å². The Bertz CT molecular complexity index is 1200. The van der Waals surface area contributed by atoms with Crippen molar-refractivity contribution >= 4 is 28.6 Å². The quantitative estimate of drug-likeness (QED) is 0.634. The zero-order valence-electron chi connectivity index (χ0n) is 13.0. The van der Waals surface area contributed by atoms with Crippen molar-refractivity contribution in [3.63, 3.8) is 0 Å². The molecule has 0 unspecified atom stereocenters. The van der Waals surface area contributed by atoms with Crippen LogP contribution in [0.1, 0.15) is 16.7 Å². The Hall–Kier alpha value is -3.31. The minimum Gasteiger partial charge on any atom is -0.277 e. The second kappa shape index (κ2) is 5.11. The molecule has 3 aromatic rings. The van der Waals surface area contributed by atoms with Crippen LogP contribution >= 0.6 is 0 Å². The molecule has 1 aliphatic carbocycles. The number of hydrogen-bond acceptors (Lipinski definition) is 2. The lowest BCUT2D eigenvalue weighted by Crippen LogP contribution is -2.30. The van der Waals surface area contributed by atoms with E-state index in [9.17, 15) is 0 Å². The van der Waals surface area contributed by atoms with Crippen LogP contribution in [-0.4, -0.2) is 0 Å². The van der Waals surface area contributed by atoms with Crippen LogP contribution in [-0.2, 0) is 6.42 Å². The van der Waals surface area contributed by atoms with Gasteiger partial charge < -0.3 is 0 Å². The number of fused-ring (bicyclic) bond motifs is 6. The summed E-state index contributed by atoms with van der Waals surface area (Å²) in [6.45, 7) is 0. The second-order valence-corrected chi connectivity index (χ2v) is 6.02. The van der Waals surface area contributed by atoms with Crippen LogP contribution < -0.4 is 16.0 Å². The fourth-order valence-electron chi connectivity index (χ4n) is 3.40. The molecule has 3 aromatic carbocycles. The maximum Gasteiger partial charge on any atom is 0.0953 e. The highest BCUT2D eigenvalue weighted by Gasteiger charge is 2.11. The van der Waals surface area contributed by atoms with E-state index in [1.807, 2.05) is 6.08 Å². The maximum absolute atomic E-state index is 4.75. The van der Waals surface area contributed by atoms with E-state index in [0.717, 1.165) is 28.2 Å². The van der Waals surface area contributed by atoms with E-state index < -0.39 is 0 Å². The normalized spacial score (nSPS) is 13.7. The third kappa shape index (κ3) is 1.96. The molecule has 0 saturated heterocycles. The Morgan fingerprint density at radius 1 is 0.958 bits per heavy atom. The molecule has 24 heavy (non-hydrogen) atoms. The number of rotatable bonds is 0. The third-order valence-corrected chi connectivity index (χ3v) is 4.62. The number of nitrogens with zero attached hydrogens (tertiary/aromatic N) is 1. The maximum atomic E-state index is 4.75. The van der Waals surface area contributed by atoms with Gasteiger partial charge in [-0.3, -0.25) is 5.43 Å². The van der Waals surface area contributed by atoms with E-state index in [2.05, 4.69) is 77.9 Å². The molecule has 2 nitrogen and oxygen atoms in total. The van der Waals surface area contributed by atoms with E-state index in [1.54, 1.807) is 0 Å². The first kappa shape index (κ1) is 13.2. The predicted molar refractivity (Wildman–Crippen MR) is 98.9 cm³/mol. The molecule has 2 heteroatoms. The van der Waals surface area contributed by atoms with Gasteiger partial charge in [0.1, 0.15) is 0 Å². The van der Waals surface area contributed by atoms with Crippen molar-refractivity contribution in [1.29, 1.82) is 0 Å². The van der Waals surface area contributed by atoms with Crippen molar-refractivity contribution < 1.29 is 0 Å². The SMILES string of the molecule is C1#CCc2c(ccc3c2=NNc2c(ccc4ccccc24)C=3)C=C1. The summed E-state index contributed by atoms with van der Waals surface area (Å²) in [6.07, 6.45) is 6.91. The summed E-state index contributed by atoms with van der Waals surface area (Å²) in [7, 11) is 0. The highest BCUT2D eigenvalue weighted by Crippen LogP contribution is 2.28. The highest BCUT2D eigenvalue weighted by atomic mass is 15.3. The molecule has 0 fully saturated rings.